The van der Waals surface area contributed by atoms with Crippen LogP contribution in [0.5, 0.6) is 0 Å². The maximum absolute atomic E-state index is 8.60. The van der Waals surface area contributed by atoms with Gasteiger partial charge in [-0.05, 0) is 29.7 Å². The highest BCUT2D eigenvalue weighted by Crippen LogP contribution is 2.51. The molecule has 0 atom stereocenters. The molecule has 1 aromatic rings. The van der Waals surface area contributed by atoms with Gasteiger partial charge in [0.2, 0.25) is 0 Å². The van der Waals surface area contributed by atoms with Gasteiger partial charge in [-0.2, -0.15) is 0 Å². The molecule has 4 N–H and O–H groups in total. The fourth-order valence-electron chi connectivity index (χ4n) is 2.43. The van der Waals surface area contributed by atoms with E-state index in [4.69, 9.17) is 10.9 Å². The van der Waals surface area contributed by atoms with Crippen molar-refractivity contribution < 1.29 is 5.21 Å². The number of nitrogens with zero attached hydrogens (tertiary/aromatic N) is 1. The molecule has 4 nitrogen and oxygen atoms in total. The van der Waals surface area contributed by atoms with Gasteiger partial charge in [0.1, 0.15) is 0 Å². The van der Waals surface area contributed by atoms with Crippen molar-refractivity contribution in [1.29, 1.82) is 0 Å². The maximum Gasteiger partial charge on any atom is 0.170 e. The third kappa shape index (κ3) is 3.26. The number of oxime groups is 1. The van der Waals surface area contributed by atoms with Gasteiger partial charge >= 0.3 is 0 Å². The van der Waals surface area contributed by atoms with Crippen LogP contribution in [-0.2, 0) is 6.54 Å². The van der Waals surface area contributed by atoms with Crippen LogP contribution in [0.4, 0.5) is 0 Å². The normalized spacial score (nSPS) is 17.7. The van der Waals surface area contributed by atoms with Gasteiger partial charge in [0.05, 0.1) is 0 Å². The van der Waals surface area contributed by atoms with E-state index < -0.39 is 0 Å². The van der Waals surface area contributed by atoms with Crippen LogP contribution in [0.25, 0.3) is 0 Å². The van der Waals surface area contributed by atoms with Crippen LogP contribution in [0, 0.1) is 11.3 Å². The van der Waals surface area contributed by atoms with Crippen molar-refractivity contribution in [3.05, 3.63) is 35.4 Å². The Morgan fingerprint density at radius 3 is 2.47 bits per heavy atom. The highest BCUT2D eigenvalue weighted by Gasteiger charge is 2.44. The van der Waals surface area contributed by atoms with E-state index in [0.717, 1.165) is 24.6 Å². The molecule has 1 aliphatic carbocycles. The minimum Gasteiger partial charge on any atom is -0.409 e. The average molecular weight is 261 g/mol. The van der Waals surface area contributed by atoms with E-state index in [2.05, 4.69) is 24.3 Å². The summed E-state index contributed by atoms with van der Waals surface area (Å²) in [6.07, 6.45) is 2.69. The van der Waals surface area contributed by atoms with Crippen LogP contribution in [-0.4, -0.2) is 17.6 Å². The number of nitrogens with two attached hydrogens (primary N) is 1. The fourth-order valence-corrected chi connectivity index (χ4v) is 2.43. The molecule has 2 rings (SSSR count). The molecule has 0 radical (unpaired) electrons. The summed E-state index contributed by atoms with van der Waals surface area (Å²) in [5.41, 5.74) is 8.02. The Morgan fingerprint density at radius 1 is 1.37 bits per heavy atom. The topological polar surface area (TPSA) is 70.6 Å². The number of benzene rings is 1. The second kappa shape index (κ2) is 5.61. The van der Waals surface area contributed by atoms with E-state index in [0.29, 0.717) is 5.41 Å². The fraction of sp³-hybridized carbons (Fsp3) is 0.533. The molecule has 0 amide bonds. The minimum atomic E-state index is 0.149. The number of nitrogens with one attached hydrogen (secondary N) is 1. The summed E-state index contributed by atoms with van der Waals surface area (Å²) in [7, 11) is 0. The zero-order valence-corrected chi connectivity index (χ0v) is 11.7. The maximum atomic E-state index is 8.60. The molecular weight excluding hydrogens is 238 g/mol. The summed E-state index contributed by atoms with van der Waals surface area (Å²) < 4.78 is 0. The largest absolute Gasteiger partial charge is 0.409 e. The van der Waals surface area contributed by atoms with Crippen LogP contribution in [0.3, 0.4) is 0 Å². The lowest BCUT2D eigenvalue weighted by molar-refractivity contribution is 0.318. The molecule has 0 saturated heterocycles. The molecule has 0 aromatic heterocycles. The van der Waals surface area contributed by atoms with Crippen LogP contribution < -0.4 is 11.1 Å². The van der Waals surface area contributed by atoms with E-state index in [1.165, 1.54) is 18.4 Å². The zero-order valence-electron chi connectivity index (χ0n) is 11.7. The van der Waals surface area contributed by atoms with E-state index in [1.807, 2.05) is 24.3 Å². The Balaban J connectivity index is 1.84. The Kier molecular flexibility index (Phi) is 4.10. The van der Waals surface area contributed by atoms with Gasteiger partial charge in [0.25, 0.3) is 0 Å². The lowest BCUT2D eigenvalue weighted by Gasteiger charge is -2.20. The lowest BCUT2D eigenvalue weighted by Crippen LogP contribution is -2.27. The van der Waals surface area contributed by atoms with Crippen molar-refractivity contribution in [2.24, 2.45) is 22.2 Å². The van der Waals surface area contributed by atoms with Crippen LogP contribution >= 0.6 is 0 Å². The molecule has 0 bridgehead atoms. The van der Waals surface area contributed by atoms with Gasteiger partial charge in [-0.3, -0.25) is 0 Å². The second-order valence-electron chi connectivity index (χ2n) is 5.80. The van der Waals surface area contributed by atoms with Crippen molar-refractivity contribution in [2.75, 3.05) is 6.54 Å². The van der Waals surface area contributed by atoms with Gasteiger partial charge in [0, 0.05) is 18.7 Å². The van der Waals surface area contributed by atoms with Gasteiger partial charge in [0.15, 0.2) is 5.84 Å². The Labute approximate surface area is 114 Å². The van der Waals surface area contributed by atoms with E-state index in [1.54, 1.807) is 0 Å². The lowest BCUT2D eigenvalue weighted by atomic mass is 9.92. The third-order valence-electron chi connectivity index (χ3n) is 4.28. The summed E-state index contributed by atoms with van der Waals surface area (Å²) in [6, 6.07) is 7.77. The van der Waals surface area contributed by atoms with Crippen molar-refractivity contribution in [1.82, 2.24) is 5.32 Å². The molecule has 0 heterocycles. The highest BCUT2D eigenvalue weighted by atomic mass is 16.4. The summed E-state index contributed by atoms with van der Waals surface area (Å²) in [5.74, 6) is 0.902. The summed E-state index contributed by atoms with van der Waals surface area (Å²) in [5, 5.41) is 15.1. The molecular formula is C15H23N3O. The van der Waals surface area contributed by atoms with Crippen LogP contribution in [0.2, 0.25) is 0 Å². The molecule has 0 unspecified atom stereocenters. The van der Waals surface area contributed by atoms with Crippen LogP contribution in [0.1, 0.15) is 37.8 Å². The molecule has 1 aromatic carbocycles. The zero-order chi connectivity index (χ0) is 13.9. The molecule has 1 fully saturated rings. The summed E-state index contributed by atoms with van der Waals surface area (Å²) >= 11 is 0. The quantitative estimate of drug-likeness (QED) is 0.318. The molecule has 1 saturated carbocycles. The Hall–Kier alpha value is -1.55. The average Bonchev–Trinajstić information content (AvgIpc) is 3.20. The van der Waals surface area contributed by atoms with E-state index in [-0.39, 0.29) is 5.84 Å². The SMILES string of the molecule is CC(C)C1(CNCc2ccc(/C(N)=N/O)cc2)CC1. The predicted molar refractivity (Wildman–Crippen MR) is 77.2 cm³/mol. The molecule has 19 heavy (non-hydrogen) atoms. The number of rotatable bonds is 6. The standard InChI is InChI=1S/C15H23N3O/c1-11(2)15(7-8-15)10-17-9-12-3-5-13(6-4-12)14(16)18-19/h3-6,11,17,19H,7-10H2,1-2H3,(H2,16,18). The summed E-state index contributed by atoms with van der Waals surface area (Å²) in [4.78, 5) is 0. The molecule has 0 aliphatic heterocycles. The van der Waals surface area contributed by atoms with Crippen molar-refractivity contribution in [3.8, 4) is 0 Å². The van der Waals surface area contributed by atoms with E-state index >= 15 is 0 Å². The molecule has 4 heteroatoms. The number of hydrogen-bond donors (Lipinski definition) is 3. The van der Waals surface area contributed by atoms with Crippen molar-refractivity contribution in [3.63, 3.8) is 0 Å². The number of hydrogen-bond acceptors (Lipinski definition) is 3. The first-order chi connectivity index (χ1) is 9.07. The van der Waals surface area contributed by atoms with Gasteiger partial charge in [-0.25, -0.2) is 0 Å². The minimum absolute atomic E-state index is 0.149. The van der Waals surface area contributed by atoms with Crippen molar-refractivity contribution in [2.45, 2.75) is 33.2 Å². The summed E-state index contributed by atoms with van der Waals surface area (Å²) in [6.45, 7) is 6.57. The third-order valence-corrected chi connectivity index (χ3v) is 4.28. The van der Waals surface area contributed by atoms with E-state index in [9.17, 15) is 0 Å². The molecule has 0 spiro atoms. The Morgan fingerprint density at radius 2 is 2.00 bits per heavy atom. The first-order valence-electron chi connectivity index (χ1n) is 6.85. The van der Waals surface area contributed by atoms with Crippen molar-refractivity contribution >= 4 is 5.84 Å². The second-order valence-corrected chi connectivity index (χ2v) is 5.80. The number of amidine groups is 1. The van der Waals surface area contributed by atoms with Gasteiger partial charge < -0.3 is 16.3 Å². The van der Waals surface area contributed by atoms with Crippen LogP contribution in [0.15, 0.2) is 29.4 Å². The highest BCUT2D eigenvalue weighted by molar-refractivity contribution is 5.96. The Bertz CT molecular complexity index is 447. The monoisotopic (exact) mass is 261 g/mol. The van der Waals surface area contributed by atoms with Gasteiger partial charge in [-0.1, -0.05) is 43.3 Å². The molecule has 1 aliphatic rings. The first kappa shape index (κ1) is 13.9. The molecule has 104 valence electrons. The predicted octanol–water partition coefficient (Wildman–Crippen LogP) is 2.31. The first-order valence-corrected chi connectivity index (χ1v) is 6.85. The van der Waals surface area contributed by atoms with Gasteiger partial charge in [-0.15, -0.1) is 0 Å². The smallest absolute Gasteiger partial charge is 0.170 e.